The lowest BCUT2D eigenvalue weighted by Crippen LogP contribution is -2.02. The van der Waals surface area contributed by atoms with Crippen molar-refractivity contribution in [3.05, 3.63) is 48.5 Å². The van der Waals surface area contributed by atoms with Crippen molar-refractivity contribution in [2.45, 2.75) is 19.6 Å². The van der Waals surface area contributed by atoms with Crippen LogP contribution >= 0.6 is 0 Å². The van der Waals surface area contributed by atoms with Gasteiger partial charge in [0.25, 0.3) is 40.5 Å². The van der Waals surface area contributed by atoms with Crippen LogP contribution in [0.25, 0.3) is 21.5 Å². The number of anilines is 2. The third kappa shape index (κ3) is 6.51. The van der Waals surface area contributed by atoms with Gasteiger partial charge in [-0.25, -0.2) is 0 Å². The molecule has 0 atom stereocenters. The number of phenols is 2. The molecule has 0 aliphatic carbocycles. The summed E-state index contributed by atoms with van der Waals surface area (Å²) < 4.78 is 124. The van der Waals surface area contributed by atoms with Gasteiger partial charge >= 0.3 is 0 Å². The van der Waals surface area contributed by atoms with Crippen molar-refractivity contribution in [2.75, 3.05) is 11.5 Å². The molecule has 0 amide bonds. The highest BCUT2D eigenvalue weighted by Gasteiger charge is 2.20. The number of nitrogens with two attached hydrogens (primary N) is 2. The Kier molecular flexibility index (Phi) is 7.70. The number of benzene rings is 4. The van der Waals surface area contributed by atoms with E-state index in [-0.39, 0.29) is 32.9 Å². The van der Waals surface area contributed by atoms with E-state index in [0.29, 0.717) is 0 Å². The molecule has 0 heterocycles. The van der Waals surface area contributed by atoms with E-state index in [9.17, 15) is 43.9 Å². The third-order valence-corrected chi connectivity index (χ3v) is 8.53. The standard InChI is InChI=1S/2C10H9NO7S2/c2*11-8-3-6(19(13,14)15)1-5-2-7(20(16,17)18)4-9(12)10(5)8/h2*1-4,12H,11H2,(H,13,14,15)(H,16,17,18). The van der Waals surface area contributed by atoms with E-state index in [4.69, 9.17) is 29.7 Å². The van der Waals surface area contributed by atoms with E-state index in [0.717, 1.165) is 48.5 Å². The second-order valence-corrected chi connectivity index (χ2v) is 13.7. The van der Waals surface area contributed by atoms with E-state index in [1.54, 1.807) is 0 Å². The topological polar surface area (TPSA) is 310 Å². The van der Waals surface area contributed by atoms with E-state index in [1.165, 1.54) is 0 Å². The summed E-state index contributed by atoms with van der Waals surface area (Å²) >= 11 is 0. The summed E-state index contributed by atoms with van der Waals surface area (Å²) in [5.41, 5.74) is 10.8. The lowest BCUT2D eigenvalue weighted by atomic mass is 10.1. The summed E-state index contributed by atoms with van der Waals surface area (Å²) in [6.45, 7) is 0. The SMILES string of the molecule is Nc1cc(S(=O)(=O)O)cc2cc(S(=O)(=O)O)cc(O)c12.Nc1cc(S(=O)(=O)O)cc2cc(S(=O)(=O)O)cc(O)c12. The van der Waals surface area contributed by atoms with Gasteiger partial charge in [0.05, 0.1) is 19.6 Å². The average molecular weight is 639 g/mol. The molecule has 0 aliphatic rings. The lowest BCUT2D eigenvalue weighted by molar-refractivity contribution is 0.470. The molecule has 0 aromatic heterocycles. The second kappa shape index (κ2) is 10.0. The Labute approximate surface area is 226 Å². The molecule has 4 aromatic rings. The molecular formula is C20H18N2O14S4. The minimum Gasteiger partial charge on any atom is -0.507 e. The Morgan fingerprint density at radius 2 is 0.650 bits per heavy atom. The molecule has 4 aromatic carbocycles. The molecule has 216 valence electrons. The average Bonchev–Trinajstić information content (AvgIpc) is 2.76. The number of aromatic hydroxyl groups is 2. The third-order valence-electron chi connectivity index (χ3n) is 5.20. The van der Waals surface area contributed by atoms with Crippen molar-refractivity contribution in [1.82, 2.24) is 0 Å². The highest BCUT2D eigenvalue weighted by molar-refractivity contribution is 7.86. The summed E-state index contributed by atoms with van der Waals surface area (Å²) in [4.78, 5) is -2.38. The molecule has 0 saturated carbocycles. The highest BCUT2D eigenvalue weighted by atomic mass is 32.2. The molecule has 4 rings (SSSR count). The molecule has 20 heteroatoms. The van der Waals surface area contributed by atoms with Crippen LogP contribution in [0.15, 0.2) is 68.1 Å². The van der Waals surface area contributed by atoms with Crippen molar-refractivity contribution in [2.24, 2.45) is 0 Å². The van der Waals surface area contributed by atoms with Gasteiger partial charge < -0.3 is 21.7 Å². The van der Waals surface area contributed by atoms with Crippen LogP contribution in [-0.2, 0) is 40.5 Å². The fourth-order valence-corrected chi connectivity index (χ4v) is 5.71. The summed E-state index contributed by atoms with van der Waals surface area (Å²) in [6, 6.07) is 7.10. The number of hydrogen-bond acceptors (Lipinski definition) is 12. The van der Waals surface area contributed by atoms with Gasteiger partial charge in [-0.1, -0.05) is 0 Å². The minimum absolute atomic E-state index is 0.00444. The van der Waals surface area contributed by atoms with Crippen molar-refractivity contribution < 1.29 is 62.1 Å². The van der Waals surface area contributed by atoms with Crippen LogP contribution < -0.4 is 11.5 Å². The van der Waals surface area contributed by atoms with Crippen LogP contribution in [0, 0.1) is 0 Å². The molecule has 0 fully saturated rings. The quantitative estimate of drug-likeness (QED) is 0.115. The van der Waals surface area contributed by atoms with Gasteiger partial charge in [-0.2, -0.15) is 33.7 Å². The molecule has 0 radical (unpaired) electrons. The molecule has 0 spiro atoms. The van der Waals surface area contributed by atoms with E-state index >= 15 is 0 Å². The fraction of sp³-hybridized carbons (Fsp3) is 0. The smallest absolute Gasteiger partial charge is 0.294 e. The van der Waals surface area contributed by atoms with Crippen LogP contribution in [-0.4, -0.2) is 62.1 Å². The van der Waals surface area contributed by atoms with Crippen LogP contribution in [0.2, 0.25) is 0 Å². The maximum atomic E-state index is 11.1. The van der Waals surface area contributed by atoms with E-state index < -0.39 is 71.6 Å². The van der Waals surface area contributed by atoms with Gasteiger partial charge in [0.15, 0.2) is 0 Å². The Bertz CT molecular complexity index is 1840. The number of phenolic OH excluding ortho intramolecular Hbond substituents is 2. The van der Waals surface area contributed by atoms with Crippen LogP contribution in [0.3, 0.4) is 0 Å². The number of nitrogen functional groups attached to an aromatic ring is 2. The minimum atomic E-state index is -4.59. The molecule has 40 heavy (non-hydrogen) atoms. The molecule has 10 N–H and O–H groups in total. The molecule has 0 saturated heterocycles. The Hall–Kier alpha value is -3.76. The van der Waals surface area contributed by atoms with E-state index in [2.05, 4.69) is 0 Å². The van der Waals surface area contributed by atoms with Gasteiger partial charge in [0, 0.05) is 34.3 Å². The zero-order chi connectivity index (χ0) is 30.6. The van der Waals surface area contributed by atoms with Crippen LogP contribution in [0.5, 0.6) is 11.5 Å². The highest BCUT2D eigenvalue weighted by Crippen LogP contribution is 2.36. The summed E-state index contributed by atoms with van der Waals surface area (Å²) in [7, 11) is -18.3. The predicted octanol–water partition coefficient (Wildman–Crippen LogP) is 1.24. The van der Waals surface area contributed by atoms with Crippen molar-refractivity contribution >= 4 is 73.4 Å². The number of fused-ring (bicyclic) bond motifs is 2. The van der Waals surface area contributed by atoms with Gasteiger partial charge in [0.1, 0.15) is 11.5 Å². The molecular weight excluding hydrogens is 620 g/mol. The summed E-state index contributed by atoms with van der Waals surface area (Å²) in [5.74, 6) is -1.09. The molecule has 0 aliphatic heterocycles. The van der Waals surface area contributed by atoms with Crippen molar-refractivity contribution in [3.63, 3.8) is 0 Å². The monoisotopic (exact) mass is 638 g/mol. The molecule has 0 bridgehead atoms. The van der Waals surface area contributed by atoms with Crippen LogP contribution in [0.4, 0.5) is 11.4 Å². The normalized spacial score (nSPS) is 12.7. The summed E-state index contributed by atoms with van der Waals surface area (Å²) in [5, 5.41) is 19.3. The predicted molar refractivity (Wildman–Crippen MR) is 139 cm³/mol. The van der Waals surface area contributed by atoms with Gasteiger partial charge in [-0.05, 0) is 47.2 Å². The van der Waals surface area contributed by atoms with Gasteiger partial charge in [0.2, 0.25) is 0 Å². The first-order valence-electron chi connectivity index (χ1n) is 10.0. The number of hydrogen-bond donors (Lipinski definition) is 8. The molecule has 0 unspecified atom stereocenters. The second-order valence-electron chi connectivity index (χ2n) is 8.01. The Balaban J connectivity index is 0.000000220. The maximum Gasteiger partial charge on any atom is 0.294 e. The first-order valence-corrected chi connectivity index (χ1v) is 15.8. The zero-order valence-corrected chi connectivity index (χ0v) is 22.6. The van der Waals surface area contributed by atoms with Gasteiger partial charge in [-0.15, -0.1) is 0 Å². The fourth-order valence-electron chi connectivity index (χ4n) is 3.54. The zero-order valence-electron chi connectivity index (χ0n) is 19.4. The largest absolute Gasteiger partial charge is 0.507 e. The van der Waals surface area contributed by atoms with Crippen LogP contribution in [0.1, 0.15) is 0 Å². The Morgan fingerprint density at radius 3 is 0.875 bits per heavy atom. The number of rotatable bonds is 4. The first-order chi connectivity index (χ1) is 18.0. The maximum absolute atomic E-state index is 11.1. The van der Waals surface area contributed by atoms with Gasteiger partial charge in [-0.3, -0.25) is 18.2 Å². The van der Waals surface area contributed by atoms with Crippen molar-refractivity contribution in [3.8, 4) is 11.5 Å². The van der Waals surface area contributed by atoms with E-state index in [1.807, 2.05) is 0 Å². The van der Waals surface area contributed by atoms with Crippen molar-refractivity contribution in [1.29, 1.82) is 0 Å². The summed E-state index contributed by atoms with van der Waals surface area (Å²) in [6.07, 6.45) is 0. The lowest BCUT2D eigenvalue weighted by Gasteiger charge is -2.08. The Morgan fingerprint density at radius 1 is 0.425 bits per heavy atom. The first kappa shape index (κ1) is 30.8. The molecule has 16 nitrogen and oxygen atoms in total.